The number of fused-ring (bicyclic) bond motifs is 14. The molecule has 0 spiro atoms. The molecular weight excluding hydrogens is 641 g/mol. The van der Waals surface area contributed by atoms with Crippen molar-refractivity contribution in [3.8, 4) is 33.4 Å². The third-order valence-corrected chi connectivity index (χ3v) is 10.7. The molecule has 0 aliphatic rings. The zero-order chi connectivity index (χ0) is 33.9. The molecule has 0 saturated carbocycles. The Morgan fingerprint density at radius 3 is 1.00 bits per heavy atom. The molecule has 0 aliphatic heterocycles. The quantitative estimate of drug-likeness (QED) is 0.188. The first kappa shape index (κ1) is 27.7. The first-order valence-electron chi connectivity index (χ1n) is 17.5. The van der Waals surface area contributed by atoms with Crippen molar-refractivity contribution >= 4 is 87.8 Å². The zero-order valence-corrected chi connectivity index (χ0v) is 27.6. The topological polar surface area (TPSA) is 52.6 Å². The molecule has 4 heteroatoms. The second-order valence-electron chi connectivity index (χ2n) is 13.6. The van der Waals surface area contributed by atoms with Crippen molar-refractivity contribution in [2.45, 2.75) is 0 Å². The molecule has 0 aliphatic carbocycles. The first-order chi connectivity index (χ1) is 25.7. The van der Waals surface area contributed by atoms with E-state index in [9.17, 15) is 0 Å². The molecule has 0 unspecified atom stereocenters. The van der Waals surface area contributed by atoms with E-state index in [4.69, 9.17) is 17.7 Å². The van der Waals surface area contributed by atoms with Crippen molar-refractivity contribution in [2.75, 3.05) is 0 Å². The van der Waals surface area contributed by atoms with Crippen molar-refractivity contribution in [2.24, 2.45) is 0 Å². The highest BCUT2D eigenvalue weighted by Crippen LogP contribution is 2.44. The Kier molecular flexibility index (Phi) is 5.47. The third-order valence-electron chi connectivity index (χ3n) is 10.7. The van der Waals surface area contributed by atoms with Crippen LogP contribution in [0.3, 0.4) is 0 Å². The summed E-state index contributed by atoms with van der Waals surface area (Å²) in [5, 5.41) is 8.38. The van der Waals surface area contributed by atoms with Crippen LogP contribution < -0.4 is 0 Å². The Hall–Kier alpha value is -7.04. The Morgan fingerprint density at radius 1 is 0.231 bits per heavy atom. The summed E-state index contributed by atoms with van der Waals surface area (Å²) in [5.41, 5.74) is 13.6. The fraction of sp³-hybridized carbons (Fsp3) is 0. The average Bonchev–Trinajstić information content (AvgIpc) is 3.97. The van der Waals surface area contributed by atoms with Crippen molar-refractivity contribution < 1.29 is 17.7 Å². The Labute approximate surface area is 295 Å². The van der Waals surface area contributed by atoms with Crippen LogP contribution in [-0.2, 0) is 0 Å². The van der Waals surface area contributed by atoms with Gasteiger partial charge in [-0.15, -0.1) is 0 Å². The van der Waals surface area contributed by atoms with Crippen molar-refractivity contribution in [1.29, 1.82) is 0 Å². The van der Waals surface area contributed by atoms with Crippen LogP contribution in [0, 0.1) is 0 Å². The van der Waals surface area contributed by atoms with E-state index >= 15 is 0 Å². The van der Waals surface area contributed by atoms with Gasteiger partial charge in [0.05, 0.1) is 10.8 Å². The minimum atomic E-state index is 0.820. The number of hydrogen-bond acceptors (Lipinski definition) is 4. The molecule has 0 N–H and O–H groups in total. The van der Waals surface area contributed by atoms with E-state index < -0.39 is 0 Å². The molecule has 0 radical (unpaired) electrons. The summed E-state index contributed by atoms with van der Waals surface area (Å²) in [6.07, 6.45) is 0. The second-order valence-corrected chi connectivity index (χ2v) is 13.6. The highest BCUT2D eigenvalue weighted by Gasteiger charge is 2.20. The van der Waals surface area contributed by atoms with Gasteiger partial charge < -0.3 is 17.7 Å². The SMILES string of the molecule is c1ccc(-c2ccc3oc4ccc5c6cc(-c7ccc8oc9c(ccc%10oc%11ccc(-c%12ccccc%12)cc%11c%109)c8c7)ccc6oc5c4c3c2)cc1. The maximum atomic E-state index is 6.61. The van der Waals surface area contributed by atoms with Crippen LogP contribution in [0.15, 0.2) is 175 Å². The first-order valence-corrected chi connectivity index (χ1v) is 17.5. The van der Waals surface area contributed by atoms with Crippen LogP contribution in [0.4, 0.5) is 0 Å². The molecule has 0 saturated heterocycles. The van der Waals surface area contributed by atoms with Gasteiger partial charge in [-0.2, -0.15) is 0 Å². The molecule has 4 nitrogen and oxygen atoms in total. The van der Waals surface area contributed by atoms with Crippen LogP contribution in [0.25, 0.3) is 121 Å². The van der Waals surface area contributed by atoms with E-state index in [-0.39, 0.29) is 0 Å². The fourth-order valence-corrected chi connectivity index (χ4v) is 8.17. The van der Waals surface area contributed by atoms with E-state index in [1.54, 1.807) is 0 Å². The highest BCUT2D eigenvalue weighted by atomic mass is 16.4. The normalized spacial score (nSPS) is 12.2. The lowest BCUT2D eigenvalue weighted by Crippen LogP contribution is -1.78. The minimum absolute atomic E-state index is 0.820. The fourth-order valence-electron chi connectivity index (χ4n) is 8.17. The van der Waals surface area contributed by atoms with Crippen LogP contribution in [0.2, 0.25) is 0 Å². The number of rotatable bonds is 3. The molecule has 0 amide bonds. The van der Waals surface area contributed by atoms with E-state index in [0.29, 0.717) is 0 Å². The number of furan rings is 4. The van der Waals surface area contributed by atoms with Crippen molar-refractivity contribution in [3.05, 3.63) is 158 Å². The Morgan fingerprint density at radius 2 is 0.577 bits per heavy atom. The molecule has 8 aromatic carbocycles. The smallest absolute Gasteiger partial charge is 0.147 e. The van der Waals surface area contributed by atoms with Gasteiger partial charge in [-0.1, -0.05) is 84.9 Å². The molecule has 4 aromatic heterocycles. The van der Waals surface area contributed by atoms with Gasteiger partial charge in [-0.05, 0) is 106 Å². The maximum absolute atomic E-state index is 6.61. The van der Waals surface area contributed by atoms with E-state index in [1.807, 2.05) is 12.1 Å². The molecule has 4 heterocycles. The van der Waals surface area contributed by atoms with Gasteiger partial charge in [0.15, 0.2) is 0 Å². The second kappa shape index (κ2) is 10.3. The summed E-state index contributed by atoms with van der Waals surface area (Å²) < 4.78 is 25.8. The van der Waals surface area contributed by atoms with Gasteiger partial charge in [0.1, 0.15) is 44.7 Å². The zero-order valence-electron chi connectivity index (χ0n) is 27.6. The van der Waals surface area contributed by atoms with E-state index in [0.717, 1.165) is 110 Å². The predicted octanol–water partition coefficient (Wildman–Crippen LogP) is 14.3. The summed E-state index contributed by atoms with van der Waals surface area (Å²) in [6, 6.07) is 54.9. The van der Waals surface area contributed by atoms with Gasteiger partial charge in [0.25, 0.3) is 0 Å². The number of benzene rings is 8. The summed E-state index contributed by atoms with van der Waals surface area (Å²) in [7, 11) is 0. The highest BCUT2D eigenvalue weighted by molar-refractivity contribution is 6.24. The van der Waals surface area contributed by atoms with Crippen LogP contribution in [0.5, 0.6) is 0 Å². The lowest BCUT2D eigenvalue weighted by Gasteiger charge is -2.02. The standard InChI is InChI=1S/C48H26O4/c1-3-7-27(8-4-1)29-11-19-41-37(25-29)45-43(49-41)21-15-33-35-23-31(13-17-39(35)51-47(33)45)32-14-18-40-36(24-32)34-16-22-44-46(48(34)52-40)38-26-30(12-20-42(38)50-44)28-9-5-2-6-10-28/h1-26H. The summed E-state index contributed by atoms with van der Waals surface area (Å²) in [4.78, 5) is 0. The molecular formula is C48H26O4. The Balaban J connectivity index is 1.01. The number of hydrogen-bond donors (Lipinski definition) is 0. The van der Waals surface area contributed by atoms with Crippen LogP contribution in [-0.4, -0.2) is 0 Å². The lowest BCUT2D eigenvalue weighted by atomic mass is 9.99. The van der Waals surface area contributed by atoms with Crippen molar-refractivity contribution in [3.63, 3.8) is 0 Å². The van der Waals surface area contributed by atoms with Gasteiger partial charge in [0.2, 0.25) is 0 Å². The maximum Gasteiger partial charge on any atom is 0.147 e. The molecule has 0 fully saturated rings. The summed E-state index contributed by atoms with van der Waals surface area (Å²) >= 11 is 0. The summed E-state index contributed by atoms with van der Waals surface area (Å²) in [6.45, 7) is 0. The molecule has 52 heavy (non-hydrogen) atoms. The van der Waals surface area contributed by atoms with Crippen molar-refractivity contribution in [1.82, 2.24) is 0 Å². The van der Waals surface area contributed by atoms with Crippen LogP contribution >= 0.6 is 0 Å². The Bertz CT molecular complexity index is 3160. The summed E-state index contributed by atoms with van der Waals surface area (Å²) in [5.74, 6) is 0. The molecule has 0 bridgehead atoms. The molecule has 242 valence electrons. The average molecular weight is 667 g/mol. The monoisotopic (exact) mass is 666 g/mol. The van der Waals surface area contributed by atoms with Gasteiger partial charge >= 0.3 is 0 Å². The lowest BCUT2D eigenvalue weighted by molar-refractivity contribution is 0.662. The van der Waals surface area contributed by atoms with E-state index in [2.05, 4.69) is 146 Å². The molecule has 0 atom stereocenters. The third kappa shape index (κ3) is 3.92. The predicted molar refractivity (Wildman–Crippen MR) is 212 cm³/mol. The molecule has 12 aromatic rings. The van der Waals surface area contributed by atoms with Gasteiger partial charge in [-0.25, -0.2) is 0 Å². The minimum Gasteiger partial charge on any atom is -0.456 e. The van der Waals surface area contributed by atoms with E-state index in [1.165, 1.54) is 11.1 Å². The van der Waals surface area contributed by atoms with Gasteiger partial charge in [-0.3, -0.25) is 0 Å². The molecule has 12 rings (SSSR count). The van der Waals surface area contributed by atoms with Crippen LogP contribution in [0.1, 0.15) is 0 Å². The largest absolute Gasteiger partial charge is 0.456 e. The van der Waals surface area contributed by atoms with Gasteiger partial charge in [0, 0.05) is 32.3 Å².